The molecular formula is C27H31N7O4. The highest BCUT2D eigenvalue weighted by Crippen LogP contribution is 2.33. The number of nitrogens with two attached hydrogens (primary N) is 1. The number of hydrogen-bond acceptors (Lipinski definition) is 9. The van der Waals surface area contributed by atoms with Gasteiger partial charge in [0.2, 0.25) is 5.89 Å². The smallest absolute Gasteiger partial charge is 0.330 e. The van der Waals surface area contributed by atoms with Gasteiger partial charge in [-0.3, -0.25) is 9.48 Å². The number of oxazole rings is 1. The van der Waals surface area contributed by atoms with Gasteiger partial charge in [-0.1, -0.05) is 6.07 Å². The van der Waals surface area contributed by atoms with E-state index in [2.05, 4.69) is 20.4 Å². The van der Waals surface area contributed by atoms with Gasteiger partial charge in [-0.15, -0.1) is 5.06 Å². The Labute approximate surface area is 219 Å². The number of rotatable bonds is 5. The number of hydrogen-bond donors (Lipinski definition) is 2. The quantitative estimate of drug-likeness (QED) is 0.404. The van der Waals surface area contributed by atoms with Crippen molar-refractivity contribution in [2.75, 3.05) is 25.9 Å². The van der Waals surface area contributed by atoms with E-state index in [1.165, 1.54) is 0 Å². The summed E-state index contributed by atoms with van der Waals surface area (Å²) in [5, 5.41) is 8.94. The molecule has 0 aliphatic carbocycles. The van der Waals surface area contributed by atoms with Crippen molar-refractivity contribution in [3.63, 3.8) is 0 Å². The van der Waals surface area contributed by atoms with Gasteiger partial charge in [0.1, 0.15) is 11.3 Å². The summed E-state index contributed by atoms with van der Waals surface area (Å²) in [5.74, 6) is 0.0654. The number of piperidine rings is 1. The molecule has 38 heavy (non-hydrogen) atoms. The molecule has 1 fully saturated rings. The number of carbonyl (C=O) groups excluding carboxylic acids is 2. The minimum Gasteiger partial charge on any atom is -0.435 e. The van der Waals surface area contributed by atoms with Crippen molar-refractivity contribution in [1.82, 2.24) is 30.1 Å². The van der Waals surface area contributed by atoms with E-state index in [9.17, 15) is 9.59 Å². The standard InChI is InChI=1S/C27H31N7O4/c1-27(2,3)26(36)38-33-10-8-18(9-11-33)34-15-17(14-31-34)16-12-20(23(28)30-13-16)25-32-21-7-5-6-19(22(21)37-25)24(35)29-4/h5-7,12-15,18H,8-11H2,1-4H3,(H2,28,30)(H,29,35). The summed E-state index contributed by atoms with van der Waals surface area (Å²) in [6.45, 7) is 6.82. The van der Waals surface area contributed by atoms with Crippen LogP contribution in [0.2, 0.25) is 0 Å². The second-order valence-corrected chi connectivity index (χ2v) is 10.4. The van der Waals surface area contributed by atoms with Crippen LogP contribution in [0.4, 0.5) is 5.82 Å². The maximum Gasteiger partial charge on any atom is 0.330 e. The van der Waals surface area contributed by atoms with Crippen molar-refractivity contribution in [2.24, 2.45) is 5.41 Å². The zero-order chi connectivity index (χ0) is 27.0. The second-order valence-electron chi connectivity index (χ2n) is 10.4. The lowest BCUT2D eigenvalue weighted by Crippen LogP contribution is -2.39. The summed E-state index contributed by atoms with van der Waals surface area (Å²) < 4.78 is 7.93. The molecule has 0 spiro atoms. The summed E-state index contributed by atoms with van der Waals surface area (Å²) in [6.07, 6.45) is 7.07. The molecule has 5 rings (SSSR count). The largest absolute Gasteiger partial charge is 0.435 e. The Balaban J connectivity index is 1.34. The Kier molecular flexibility index (Phi) is 6.62. The van der Waals surface area contributed by atoms with E-state index in [0.717, 1.165) is 24.0 Å². The zero-order valence-electron chi connectivity index (χ0n) is 21.9. The van der Waals surface area contributed by atoms with E-state index in [0.29, 0.717) is 35.3 Å². The highest BCUT2D eigenvalue weighted by molar-refractivity contribution is 6.04. The second kappa shape index (κ2) is 9.90. The summed E-state index contributed by atoms with van der Waals surface area (Å²) in [7, 11) is 1.56. The van der Waals surface area contributed by atoms with Crippen LogP contribution in [0, 0.1) is 5.41 Å². The van der Waals surface area contributed by atoms with E-state index in [1.54, 1.807) is 42.7 Å². The number of carbonyl (C=O) groups is 2. The number of nitrogen functional groups attached to an aromatic ring is 1. The molecule has 1 saturated heterocycles. The van der Waals surface area contributed by atoms with E-state index in [1.807, 2.05) is 37.7 Å². The number of nitrogens with one attached hydrogen (secondary N) is 1. The van der Waals surface area contributed by atoms with Gasteiger partial charge >= 0.3 is 5.97 Å². The van der Waals surface area contributed by atoms with E-state index in [4.69, 9.17) is 15.0 Å². The molecule has 4 aromatic rings. The van der Waals surface area contributed by atoms with Gasteiger partial charge in [-0.05, 0) is 51.8 Å². The van der Waals surface area contributed by atoms with E-state index >= 15 is 0 Å². The summed E-state index contributed by atoms with van der Waals surface area (Å²) in [4.78, 5) is 38.9. The molecular weight excluding hydrogens is 486 g/mol. The predicted octanol–water partition coefficient (Wildman–Crippen LogP) is 3.84. The third-order valence-electron chi connectivity index (χ3n) is 6.59. The predicted molar refractivity (Wildman–Crippen MR) is 142 cm³/mol. The molecule has 198 valence electrons. The highest BCUT2D eigenvalue weighted by atomic mass is 16.7. The van der Waals surface area contributed by atoms with Crippen molar-refractivity contribution in [1.29, 1.82) is 0 Å². The first-order chi connectivity index (χ1) is 18.1. The molecule has 3 N–H and O–H groups in total. The topological polar surface area (TPSA) is 141 Å². The minimum absolute atomic E-state index is 0.190. The number of anilines is 1. The van der Waals surface area contributed by atoms with Gasteiger partial charge in [-0.25, -0.2) is 14.8 Å². The zero-order valence-corrected chi connectivity index (χ0v) is 21.9. The molecule has 4 heterocycles. The number of hydroxylamine groups is 2. The lowest BCUT2D eigenvalue weighted by molar-refractivity contribution is -0.205. The first-order valence-electron chi connectivity index (χ1n) is 12.5. The molecule has 1 aromatic carbocycles. The molecule has 1 amide bonds. The number of aromatic nitrogens is 4. The monoisotopic (exact) mass is 517 g/mol. The Morgan fingerprint density at radius 3 is 2.63 bits per heavy atom. The molecule has 0 saturated carbocycles. The number of amides is 1. The Hall–Kier alpha value is -4.25. The minimum atomic E-state index is -0.538. The van der Waals surface area contributed by atoms with Crippen LogP contribution in [-0.2, 0) is 9.63 Å². The van der Waals surface area contributed by atoms with Crippen molar-refractivity contribution < 1.29 is 18.8 Å². The van der Waals surface area contributed by atoms with Gasteiger partial charge in [0.05, 0.1) is 28.8 Å². The Bertz CT molecular complexity index is 1490. The third-order valence-corrected chi connectivity index (χ3v) is 6.59. The summed E-state index contributed by atoms with van der Waals surface area (Å²) in [6, 6.07) is 7.27. The molecule has 3 aromatic heterocycles. The fourth-order valence-corrected chi connectivity index (χ4v) is 4.32. The number of pyridine rings is 1. The molecule has 1 aliphatic rings. The number of para-hydroxylation sites is 1. The molecule has 0 bridgehead atoms. The average Bonchev–Trinajstić information content (AvgIpc) is 3.56. The lowest BCUT2D eigenvalue weighted by atomic mass is 9.98. The normalized spacial score (nSPS) is 15.1. The molecule has 11 nitrogen and oxygen atoms in total. The van der Waals surface area contributed by atoms with Crippen molar-refractivity contribution in [3.8, 4) is 22.6 Å². The van der Waals surface area contributed by atoms with Crippen LogP contribution in [0.3, 0.4) is 0 Å². The van der Waals surface area contributed by atoms with Crippen LogP contribution in [0.25, 0.3) is 33.7 Å². The first kappa shape index (κ1) is 25.4. The van der Waals surface area contributed by atoms with Gasteiger partial charge < -0.3 is 20.3 Å². The van der Waals surface area contributed by atoms with Gasteiger partial charge in [0.25, 0.3) is 5.91 Å². The van der Waals surface area contributed by atoms with Crippen molar-refractivity contribution in [2.45, 2.75) is 39.7 Å². The molecule has 0 radical (unpaired) electrons. The average molecular weight is 518 g/mol. The van der Waals surface area contributed by atoms with E-state index < -0.39 is 5.41 Å². The van der Waals surface area contributed by atoms with Crippen LogP contribution in [-0.4, -0.2) is 56.8 Å². The first-order valence-corrected chi connectivity index (χ1v) is 12.5. The highest BCUT2D eigenvalue weighted by Gasteiger charge is 2.29. The fraction of sp³-hybridized carbons (Fsp3) is 0.370. The number of fused-ring (bicyclic) bond motifs is 1. The number of nitrogens with zero attached hydrogens (tertiary/aromatic N) is 5. The fourth-order valence-electron chi connectivity index (χ4n) is 4.32. The maximum atomic E-state index is 12.2. The van der Waals surface area contributed by atoms with Gasteiger partial charge in [-0.2, -0.15) is 5.10 Å². The van der Waals surface area contributed by atoms with Crippen LogP contribution in [0.15, 0.2) is 47.3 Å². The summed E-state index contributed by atoms with van der Waals surface area (Å²) in [5.41, 5.74) is 9.21. The van der Waals surface area contributed by atoms with Crippen LogP contribution < -0.4 is 11.1 Å². The molecule has 0 unspecified atom stereocenters. The van der Waals surface area contributed by atoms with Crippen LogP contribution in [0.1, 0.15) is 50.0 Å². The molecule has 1 aliphatic heterocycles. The lowest BCUT2D eigenvalue weighted by Gasteiger charge is -2.32. The molecule has 11 heteroatoms. The third kappa shape index (κ3) is 4.97. The Morgan fingerprint density at radius 2 is 1.92 bits per heavy atom. The maximum absolute atomic E-state index is 12.2. The molecule has 0 atom stereocenters. The van der Waals surface area contributed by atoms with Crippen LogP contribution in [0.5, 0.6) is 0 Å². The van der Waals surface area contributed by atoms with Crippen molar-refractivity contribution in [3.05, 3.63) is 48.4 Å². The SMILES string of the molecule is CNC(=O)c1cccc2nc(-c3cc(-c4cnn(C5CCN(OC(=O)C(C)(C)C)CC5)c4)cnc3N)oc12. The summed E-state index contributed by atoms with van der Waals surface area (Å²) >= 11 is 0. The van der Waals surface area contributed by atoms with Crippen LogP contribution >= 0.6 is 0 Å². The number of benzene rings is 1. The Morgan fingerprint density at radius 1 is 1.16 bits per heavy atom. The van der Waals surface area contributed by atoms with E-state index in [-0.39, 0.29) is 29.6 Å². The van der Waals surface area contributed by atoms with Gasteiger partial charge in [0, 0.05) is 43.7 Å². The van der Waals surface area contributed by atoms with Crippen molar-refractivity contribution >= 4 is 28.8 Å². The van der Waals surface area contributed by atoms with Gasteiger partial charge in [0.15, 0.2) is 5.58 Å².